The molecule has 2 atom stereocenters. The molecule has 1 heterocycles. The molecule has 19 heavy (non-hydrogen) atoms. The van der Waals surface area contributed by atoms with Crippen molar-refractivity contribution in [3.63, 3.8) is 0 Å². The molecule has 0 aromatic heterocycles. The van der Waals surface area contributed by atoms with Gasteiger partial charge in [0.1, 0.15) is 6.04 Å². The number of hydrogen-bond acceptors (Lipinski definition) is 3. The number of carbonyl (C=O) groups is 1. The molecule has 0 aliphatic carbocycles. The summed E-state index contributed by atoms with van der Waals surface area (Å²) >= 11 is 3.50. The summed E-state index contributed by atoms with van der Waals surface area (Å²) in [6.45, 7) is 3.91. The molecule has 1 aromatic rings. The van der Waals surface area contributed by atoms with Gasteiger partial charge < -0.3 is 15.0 Å². The predicted molar refractivity (Wildman–Crippen MR) is 77.8 cm³/mol. The highest BCUT2D eigenvalue weighted by atomic mass is 79.9. The number of carbonyl (C=O) groups excluding carboxylic acids is 1. The summed E-state index contributed by atoms with van der Waals surface area (Å²) in [4.78, 5) is 14.1. The molecule has 1 amide bonds. The van der Waals surface area contributed by atoms with E-state index in [1.165, 1.54) is 0 Å². The highest BCUT2D eigenvalue weighted by molar-refractivity contribution is 9.10. The zero-order chi connectivity index (χ0) is 13.8. The minimum atomic E-state index is -0.249. The molecule has 1 fully saturated rings. The highest BCUT2D eigenvalue weighted by Crippen LogP contribution is 2.18. The van der Waals surface area contributed by atoms with Crippen LogP contribution >= 0.6 is 15.9 Å². The Labute approximate surface area is 122 Å². The van der Waals surface area contributed by atoms with E-state index in [1.807, 2.05) is 38.2 Å². The molecular weight excluding hydrogens is 308 g/mol. The smallest absolute Gasteiger partial charge is 0.242 e. The third-order valence-corrected chi connectivity index (χ3v) is 4.10. The van der Waals surface area contributed by atoms with Crippen molar-refractivity contribution >= 4 is 21.8 Å². The van der Waals surface area contributed by atoms with Gasteiger partial charge in [-0.1, -0.05) is 34.1 Å². The van der Waals surface area contributed by atoms with Crippen molar-refractivity contribution in [1.82, 2.24) is 10.2 Å². The van der Waals surface area contributed by atoms with Gasteiger partial charge in [0.25, 0.3) is 0 Å². The molecule has 0 spiro atoms. The molecule has 5 heteroatoms. The molecule has 1 aromatic carbocycles. The lowest BCUT2D eigenvalue weighted by molar-refractivity contribution is -0.138. The van der Waals surface area contributed by atoms with Crippen LogP contribution in [0.25, 0.3) is 0 Å². The van der Waals surface area contributed by atoms with Crippen LogP contribution in [0, 0.1) is 0 Å². The van der Waals surface area contributed by atoms with Gasteiger partial charge in [-0.15, -0.1) is 0 Å². The topological polar surface area (TPSA) is 41.6 Å². The highest BCUT2D eigenvalue weighted by Gasteiger charge is 2.30. The minimum absolute atomic E-state index is 0.0722. The summed E-state index contributed by atoms with van der Waals surface area (Å²) in [5.74, 6) is 0.0722. The average molecular weight is 327 g/mol. The van der Waals surface area contributed by atoms with Crippen LogP contribution in [0.5, 0.6) is 0 Å². The Balaban J connectivity index is 2.01. The second-order valence-corrected chi connectivity index (χ2v) is 5.65. The van der Waals surface area contributed by atoms with E-state index in [1.54, 1.807) is 4.90 Å². The van der Waals surface area contributed by atoms with E-state index in [4.69, 9.17) is 4.74 Å². The zero-order valence-electron chi connectivity index (χ0n) is 11.2. The van der Waals surface area contributed by atoms with E-state index in [-0.39, 0.29) is 18.1 Å². The quantitative estimate of drug-likeness (QED) is 0.920. The van der Waals surface area contributed by atoms with Gasteiger partial charge >= 0.3 is 0 Å². The van der Waals surface area contributed by atoms with Crippen LogP contribution in [0.2, 0.25) is 0 Å². The fourth-order valence-corrected chi connectivity index (χ4v) is 2.62. The van der Waals surface area contributed by atoms with Gasteiger partial charge in [-0.05, 0) is 18.6 Å². The summed E-state index contributed by atoms with van der Waals surface area (Å²) in [5.41, 5.74) is 1.10. The maximum absolute atomic E-state index is 12.4. The SMILES string of the molecule is C[C@H]1OCCN[C@@H]1C(=O)N(C)Cc1ccccc1Br. The number of hydrogen-bond donors (Lipinski definition) is 1. The lowest BCUT2D eigenvalue weighted by atomic mass is 10.1. The van der Waals surface area contributed by atoms with Crippen LogP contribution in [0.15, 0.2) is 28.7 Å². The average Bonchev–Trinajstić information content (AvgIpc) is 2.41. The number of likely N-dealkylation sites (N-methyl/N-ethyl adjacent to an activating group) is 1. The number of amides is 1. The lowest BCUT2D eigenvalue weighted by Gasteiger charge is -2.32. The standard InChI is InChI=1S/C14H19BrN2O2/c1-10-13(16-7-8-19-10)14(18)17(2)9-11-5-3-4-6-12(11)15/h3-6,10,13,16H,7-9H2,1-2H3/t10-,13+/m1/s1. The summed E-state index contributed by atoms with van der Waals surface area (Å²) in [5, 5.41) is 3.22. The van der Waals surface area contributed by atoms with Crippen LogP contribution in [-0.2, 0) is 16.1 Å². The van der Waals surface area contributed by atoms with Gasteiger partial charge in [-0.3, -0.25) is 4.79 Å². The Kier molecular flexibility index (Phi) is 4.96. The van der Waals surface area contributed by atoms with Crippen molar-refractivity contribution < 1.29 is 9.53 Å². The maximum atomic E-state index is 12.4. The lowest BCUT2D eigenvalue weighted by Crippen LogP contribution is -2.55. The van der Waals surface area contributed by atoms with Gasteiger partial charge in [0.2, 0.25) is 5.91 Å². The second kappa shape index (κ2) is 6.50. The van der Waals surface area contributed by atoms with Gasteiger partial charge in [0.05, 0.1) is 12.7 Å². The molecule has 2 rings (SSSR count). The van der Waals surface area contributed by atoms with Crippen molar-refractivity contribution in [3.8, 4) is 0 Å². The minimum Gasteiger partial charge on any atom is -0.375 e. The molecule has 0 saturated carbocycles. The summed E-state index contributed by atoms with van der Waals surface area (Å²) in [6.07, 6.45) is -0.0806. The molecule has 0 bridgehead atoms. The number of halogens is 1. The Morgan fingerprint density at radius 3 is 2.95 bits per heavy atom. The van der Waals surface area contributed by atoms with Crippen LogP contribution in [-0.4, -0.2) is 43.2 Å². The fourth-order valence-electron chi connectivity index (χ4n) is 2.21. The van der Waals surface area contributed by atoms with Gasteiger partial charge in [0, 0.05) is 24.6 Å². The van der Waals surface area contributed by atoms with Crippen LogP contribution < -0.4 is 5.32 Å². The Bertz CT molecular complexity index is 453. The number of benzene rings is 1. The number of nitrogens with zero attached hydrogens (tertiary/aromatic N) is 1. The largest absolute Gasteiger partial charge is 0.375 e. The van der Waals surface area contributed by atoms with E-state index < -0.39 is 0 Å². The van der Waals surface area contributed by atoms with Crippen molar-refractivity contribution in [1.29, 1.82) is 0 Å². The monoisotopic (exact) mass is 326 g/mol. The van der Waals surface area contributed by atoms with Crippen molar-refractivity contribution in [3.05, 3.63) is 34.3 Å². The van der Waals surface area contributed by atoms with Crippen LogP contribution in [0.1, 0.15) is 12.5 Å². The van der Waals surface area contributed by atoms with Gasteiger partial charge in [0.15, 0.2) is 0 Å². The molecule has 104 valence electrons. The molecule has 0 radical (unpaired) electrons. The molecule has 1 saturated heterocycles. The molecule has 1 aliphatic heterocycles. The first-order valence-corrected chi connectivity index (χ1v) is 7.22. The molecule has 1 N–H and O–H groups in total. The maximum Gasteiger partial charge on any atom is 0.242 e. The van der Waals surface area contributed by atoms with E-state index in [2.05, 4.69) is 21.2 Å². The predicted octanol–water partition coefficient (Wildman–Crippen LogP) is 1.78. The zero-order valence-corrected chi connectivity index (χ0v) is 12.8. The third kappa shape index (κ3) is 3.55. The number of rotatable bonds is 3. The van der Waals surface area contributed by atoms with Crippen molar-refractivity contribution in [2.45, 2.75) is 25.6 Å². The van der Waals surface area contributed by atoms with E-state index in [9.17, 15) is 4.79 Å². The Morgan fingerprint density at radius 1 is 1.53 bits per heavy atom. The number of morpholine rings is 1. The van der Waals surface area contributed by atoms with Crippen LogP contribution in [0.3, 0.4) is 0 Å². The van der Waals surface area contributed by atoms with Crippen LogP contribution in [0.4, 0.5) is 0 Å². The Morgan fingerprint density at radius 2 is 2.26 bits per heavy atom. The molecule has 4 nitrogen and oxygen atoms in total. The van der Waals surface area contributed by atoms with Gasteiger partial charge in [-0.25, -0.2) is 0 Å². The summed E-state index contributed by atoms with van der Waals surface area (Å²) < 4.78 is 6.54. The summed E-state index contributed by atoms with van der Waals surface area (Å²) in [7, 11) is 1.82. The number of nitrogens with one attached hydrogen (secondary N) is 1. The van der Waals surface area contributed by atoms with E-state index >= 15 is 0 Å². The van der Waals surface area contributed by atoms with Gasteiger partial charge in [-0.2, -0.15) is 0 Å². The first-order valence-electron chi connectivity index (χ1n) is 6.43. The van der Waals surface area contributed by atoms with Crippen molar-refractivity contribution in [2.24, 2.45) is 0 Å². The van der Waals surface area contributed by atoms with E-state index in [0.29, 0.717) is 13.2 Å². The Hall–Kier alpha value is -0.910. The van der Waals surface area contributed by atoms with E-state index in [0.717, 1.165) is 16.6 Å². The summed E-state index contributed by atoms with van der Waals surface area (Å²) in [6, 6.07) is 7.69. The second-order valence-electron chi connectivity index (χ2n) is 4.79. The fraction of sp³-hybridized carbons (Fsp3) is 0.500. The van der Waals surface area contributed by atoms with Crippen molar-refractivity contribution in [2.75, 3.05) is 20.2 Å². The molecule has 0 unspecified atom stereocenters. The first kappa shape index (κ1) is 14.5. The molecule has 1 aliphatic rings. The molecular formula is C14H19BrN2O2. The first-order chi connectivity index (χ1) is 9.09. The third-order valence-electron chi connectivity index (χ3n) is 3.32. The number of ether oxygens (including phenoxy) is 1. The normalized spacial score (nSPS) is 23.1.